The maximum Gasteiger partial charge on any atom is 0.164 e. The average molecular weight is 455 g/mol. The minimum atomic E-state index is 0.400. The van der Waals surface area contributed by atoms with Crippen molar-refractivity contribution in [2.45, 2.75) is 39.5 Å². The lowest BCUT2D eigenvalue weighted by Crippen LogP contribution is -2.15. The summed E-state index contributed by atoms with van der Waals surface area (Å²) in [4.78, 5) is 5.11. The Morgan fingerprint density at radius 3 is 2.56 bits per heavy atom. The molecule has 0 radical (unpaired) electrons. The molecule has 4 rings (SSSR count). The molecule has 0 bridgehead atoms. The first kappa shape index (κ1) is 23.6. The van der Waals surface area contributed by atoms with E-state index in [-0.39, 0.29) is 0 Å². The van der Waals surface area contributed by atoms with Gasteiger partial charge in [0.05, 0.1) is 23.7 Å². The molecule has 0 amide bonds. The minimum Gasteiger partial charge on any atom is -0.489 e. The molecule has 0 saturated carbocycles. The van der Waals surface area contributed by atoms with E-state index in [0.717, 1.165) is 65.6 Å². The maximum absolute atomic E-state index is 6.39. The number of hydrogen-bond acceptors (Lipinski definition) is 4. The summed E-state index contributed by atoms with van der Waals surface area (Å²) < 4.78 is 12.4. The highest BCUT2D eigenvalue weighted by molar-refractivity contribution is 5.65. The number of ether oxygens (including phenoxy) is 2. The Morgan fingerprint density at radius 2 is 1.82 bits per heavy atom. The molecular formula is C30H34N2O2. The van der Waals surface area contributed by atoms with Crippen LogP contribution in [0.25, 0.3) is 0 Å². The molecule has 1 aliphatic carbocycles. The molecule has 1 aliphatic rings. The summed E-state index contributed by atoms with van der Waals surface area (Å²) in [7, 11) is 1.96. The molecule has 176 valence electrons. The highest BCUT2D eigenvalue weighted by Gasteiger charge is 2.19. The van der Waals surface area contributed by atoms with E-state index in [9.17, 15) is 0 Å². The predicted octanol–water partition coefficient (Wildman–Crippen LogP) is 7.28. The number of aromatic nitrogens is 1. The van der Waals surface area contributed by atoms with Crippen molar-refractivity contribution in [1.29, 1.82) is 0 Å². The summed E-state index contributed by atoms with van der Waals surface area (Å²) in [6.07, 6.45) is 12.3. The number of nitrogens with zero attached hydrogens (tertiary/aromatic N) is 1. The van der Waals surface area contributed by atoms with Crippen LogP contribution in [0.2, 0.25) is 0 Å². The van der Waals surface area contributed by atoms with Gasteiger partial charge in [0.15, 0.2) is 5.75 Å². The lowest BCUT2D eigenvalue weighted by atomic mass is 10.0. The van der Waals surface area contributed by atoms with Crippen molar-refractivity contribution in [1.82, 2.24) is 4.98 Å². The zero-order chi connectivity index (χ0) is 23.8. The quantitative estimate of drug-likeness (QED) is 0.350. The van der Waals surface area contributed by atoms with Crippen molar-refractivity contribution in [3.8, 4) is 17.2 Å². The summed E-state index contributed by atoms with van der Waals surface area (Å²) in [5.41, 5.74) is 5.43. The third-order valence-corrected chi connectivity index (χ3v) is 6.06. The molecule has 34 heavy (non-hydrogen) atoms. The molecule has 4 nitrogen and oxygen atoms in total. The summed E-state index contributed by atoms with van der Waals surface area (Å²) in [5, 5.41) is 3.40. The van der Waals surface area contributed by atoms with Crippen LogP contribution < -0.4 is 14.8 Å². The largest absolute Gasteiger partial charge is 0.489 e. The summed E-state index contributed by atoms with van der Waals surface area (Å²) >= 11 is 0. The molecule has 0 spiro atoms. The number of para-hydroxylation sites is 1. The molecule has 0 saturated heterocycles. The Labute approximate surface area is 203 Å². The number of aryl methyl sites for hydroxylation is 1. The number of pyridine rings is 1. The number of nitrogens with one attached hydrogen (secondary N) is 1. The van der Waals surface area contributed by atoms with Crippen molar-refractivity contribution in [3.63, 3.8) is 0 Å². The SMILES string of the molecule is CCCc1nc(Cc2cccc(Oc3ccccc3)c2)c(C)c(NC)c1OCC1C=CC=CC1. The van der Waals surface area contributed by atoms with Crippen LogP contribution in [0, 0.1) is 12.8 Å². The summed E-state index contributed by atoms with van der Waals surface area (Å²) in [6.45, 7) is 4.97. The Balaban J connectivity index is 1.58. The third-order valence-electron chi connectivity index (χ3n) is 6.06. The highest BCUT2D eigenvalue weighted by atomic mass is 16.5. The molecule has 1 aromatic heterocycles. The zero-order valence-corrected chi connectivity index (χ0v) is 20.4. The van der Waals surface area contributed by atoms with E-state index in [0.29, 0.717) is 12.5 Å². The van der Waals surface area contributed by atoms with E-state index in [1.54, 1.807) is 0 Å². The predicted molar refractivity (Wildman–Crippen MR) is 140 cm³/mol. The first-order valence-electron chi connectivity index (χ1n) is 12.2. The average Bonchev–Trinajstić information content (AvgIpc) is 2.86. The van der Waals surface area contributed by atoms with Gasteiger partial charge in [0.1, 0.15) is 11.5 Å². The second-order valence-corrected chi connectivity index (χ2v) is 8.69. The topological polar surface area (TPSA) is 43.4 Å². The van der Waals surface area contributed by atoms with Gasteiger partial charge < -0.3 is 14.8 Å². The molecule has 1 heterocycles. The lowest BCUT2D eigenvalue weighted by Gasteiger charge is -2.22. The van der Waals surface area contributed by atoms with E-state index in [1.165, 1.54) is 5.56 Å². The first-order valence-corrected chi connectivity index (χ1v) is 12.2. The van der Waals surface area contributed by atoms with E-state index in [4.69, 9.17) is 14.5 Å². The molecule has 1 N–H and O–H groups in total. The van der Waals surface area contributed by atoms with Crippen molar-refractivity contribution >= 4 is 5.69 Å². The maximum atomic E-state index is 6.39. The van der Waals surface area contributed by atoms with Gasteiger partial charge >= 0.3 is 0 Å². The molecule has 2 aromatic carbocycles. The van der Waals surface area contributed by atoms with Gasteiger partial charge in [-0.05, 0) is 55.2 Å². The first-order chi connectivity index (χ1) is 16.7. The number of hydrogen-bond donors (Lipinski definition) is 1. The van der Waals surface area contributed by atoms with Gasteiger partial charge in [0, 0.05) is 19.4 Å². The fourth-order valence-electron chi connectivity index (χ4n) is 4.27. The molecule has 1 unspecified atom stereocenters. The molecule has 0 fully saturated rings. The van der Waals surface area contributed by atoms with Crippen molar-refractivity contribution in [2.24, 2.45) is 5.92 Å². The fourth-order valence-corrected chi connectivity index (χ4v) is 4.27. The van der Waals surface area contributed by atoms with Gasteiger partial charge in [-0.25, -0.2) is 0 Å². The minimum absolute atomic E-state index is 0.400. The molecular weight excluding hydrogens is 420 g/mol. The van der Waals surface area contributed by atoms with Crippen LogP contribution in [-0.2, 0) is 12.8 Å². The molecule has 4 heteroatoms. The summed E-state index contributed by atoms with van der Waals surface area (Å²) in [6, 6.07) is 18.1. The van der Waals surface area contributed by atoms with Crippen LogP contribution in [0.4, 0.5) is 5.69 Å². The van der Waals surface area contributed by atoms with Gasteiger partial charge in [-0.2, -0.15) is 0 Å². The number of allylic oxidation sites excluding steroid dienone is 3. The molecule has 1 atom stereocenters. The third kappa shape index (κ3) is 5.88. The van der Waals surface area contributed by atoms with E-state index >= 15 is 0 Å². The fraction of sp³-hybridized carbons (Fsp3) is 0.300. The van der Waals surface area contributed by atoms with E-state index in [2.05, 4.69) is 55.6 Å². The second kappa shape index (κ2) is 11.6. The number of benzene rings is 2. The van der Waals surface area contributed by atoms with Crippen molar-refractivity contribution < 1.29 is 9.47 Å². The number of rotatable bonds is 10. The normalized spacial score (nSPS) is 14.7. The molecule has 0 aliphatic heterocycles. The van der Waals surface area contributed by atoms with Crippen LogP contribution in [0.5, 0.6) is 17.2 Å². The van der Waals surface area contributed by atoms with Crippen molar-refractivity contribution in [2.75, 3.05) is 19.0 Å². The Bertz CT molecular complexity index is 1150. The Morgan fingerprint density at radius 1 is 1.00 bits per heavy atom. The standard InChI is InChI=1S/C30H34N2O2/c1-4-12-27-30(33-21-23-13-7-5-8-14-23)29(31-3)22(2)28(32-27)20-24-15-11-18-26(19-24)34-25-16-9-6-10-17-25/h5-11,13,15-19,23H,4,12,14,20-21H2,1-3H3,(H,31,32). The monoisotopic (exact) mass is 454 g/mol. The van der Waals surface area contributed by atoms with Gasteiger partial charge in [-0.15, -0.1) is 0 Å². The molecule has 3 aromatic rings. The highest BCUT2D eigenvalue weighted by Crippen LogP contribution is 2.35. The van der Waals surface area contributed by atoms with Crippen LogP contribution >= 0.6 is 0 Å². The van der Waals surface area contributed by atoms with Gasteiger partial charge in [-0.1, -0.05) is 68.0 Å². The number of anilines is 1. The Kier molecular flexibility index (Phi) is 8.03. The van der Waals surface area contributed by atoms with Crippen molar-refractivity contribution in [3.05, 3.63) is 101 Å². The Hall–Kier alpha value is -3.53. The van der Waals surface area contributed by atoms with Crippen LogP contribution in [0.1, 0.15) is 42.3 Å². The van der Waals surface area contributed by atoms with Crippen LogP contribution in [-0.4, -0.2) is 18.6 Å². The van der Waals surface area contributed by atoms with Crippen LogP contribution in [0.15, 0.2) is 78.9 Å². The smallest absolute Gasteiger partial charge is 0.164 e. The lowest BCUT2D eigenvalue weighted by molar-refractivity contribution is 0.273. The van der Waals surface area contributed by atoms with E-state index in [1.807, 2.05) is 49.5 Å². The van der Waals surface area contributed by atoms with Gasteiger partial charge in [0.25, 0.3) is 0 Å². The zero-order valence-electron chi connectivity index (χ0n) is 20.4. The summed E-state index contributed by atoms with van der Waals surface area (Å²) in [5.74, 6) is 2.96. The second-order valence-electron chi connectivity index (χ2n) is 8.69. The van der Waals surface area contributed by atoms with Gasteiger partial charge in [0.2, 0.25) is 0 Å². The van der Waals surface area contributed by atoms with Crippen LogP contribution in [0.3, 0.4) is 0 Å². The van der Waals surface area contributed by atoms with Gasteiger partial charge in [-0.3, -0.25) is 4.98 Å². The van der Waals surface area contributed by atoms with E-state index < -0.39 is 0 Å².